The van der Waals surface area contributed by atoms with Gasteiger partial charge in [-0.1, -0.05) is 0 Å². The summed E-state index contributed by atoms with van der Waals surface area (Å²) in [5.74, 6) is -2.11. The third-order valence-corrected chi connectivity index (χ3v) is 1.79. The smallest absolute Gasteiger partial charge is 0.328 e. The molecular formula is C9H16N2O5. The molecule has 2 amide bonds. The van der Waals surface area contributed by atoms with Gasteiger partial charge in [0.25, 0.3) is 0 Å². The van der Waals surface area contributed by atoms with E-state index in [4.69, 9.17) is 10.2 Å². The van der Waals surface area contributed by atoms with Gasteiger partial charge in [-0.15, -0.1) is 0 Å². The zero-order valence-corrected chi connectivity index (χ0v) is 9.19. The summed E-state index contributed by atoms with van der Waals surface area (Å²) in [6.45, 7) is 2.72. The van der Waals surface area contributed by atoms with E-state index in [9.17, 15) is 14.4 Å². The highest BCUT2D eigenvalue weighted by Crippen LogP contribution is 1.93. The summed E-state index contributed by atoms with van der Waals surface area (Å²) in [4.78, 5) is 32.3. The van der Waals surface area contributed by atoms with Crippen LogP contribution < -0.4 is 10.6 Å². The van der Waals surface area contributed by atoms with Gasteiger partial charge in [0.15, 0.2) is 6.04 Å². The predicted molar refractivity (Wildman–Crippen MR) is 54.5 cm³/mol. The minimum absolute atomic E-state index is 0.0317. The fraction of sp³-hybridized carbons (Fsp3) is 0.667. The van der Waals surface area contributed by atoms with Crippen molar-refractivity contribution in [1.29, 1.82) is 0 Å². The first kappa shape index (κ1) is 14.4. The normalized spacial score (nSPS) is 13.7. The van der Waals surface area contributed by atoms with E-state index in [0.29, 0.717) is 0 Å². The van der Waals surface area contributed by atoms with Crippen LogP contribution in [-0.2, 0) is 14.4 Å². The van der Waals surface area contributed by atoms with Crippen molar-refractivity contribution in [1.82, 2.24) is 10.6 Å². The van der Waals surface area contributed by atoms with Crippen LogP contribution in [0.25, 0.3) is 0 Å². The van der Waals surface area contributed by atoms with E-state index in [2.05, 4.69) is 10.6 Å². The lowest BCUT2D eigenvalue weighted by molar-refractivity contribution is -0.144. The average Bonchev–Trinajstić information content (AvgIpc) is 2.12. The van der Waals surface area contributed by atoms with Crippen LogP contribution in [-0.4, -0.2) is 46.7 Å². The lowest BCUT2D eigenvalue weighted by atomic mass is 10.2. The number of carboxylic acids is 1. The number of carbonyl (C=O) groups excluding carboxylic acids is 2. The summed E-state index contributed by atoms with van der Waals surface area (Å²) in [6.07, 6.45) is -1.21. The first-order valence-corrected chi connectivity index (χ1v) is 4.79. The summed E-state index contributed by atoms with van der Waals surface area (Å²) in [5, 5.41) is 22.3. The molecule has 92 valence electrons. The number of rotatable bonds is 6. The fourth-order valence-electron chi connectivity index (χ4n) is 0.986. The van der Waals surface area contributed by atoms with Gasteiger partial charge >= 0.3 is 5.97 Å². The molecule has 0 radical (unpaired) electrons. The molecule has 0 aromatic rings. The van der Waals surface area contributed by atoms with Gasteiger partial charge in [-0.3, -0.25) is 9.59 Å². The van der Waals surface area contributed by atoms with Gasteiger partial charge in [0, 0.05) is 19.9 Å². The Bertz CT molecular complexity index is 277. The maximum atomic E-state index is 11.2. The third-order valence-electron chi connectivity index (χ3n) is 1.79. The molecule has 0 aliphatic rings. The number of nitrogens with one attached hydrogen (secondary N) is 2. The molecule has 0 rings (SSSR count). The molecule has 7 nitrogen and oxygen atoms in total. The maximum absolute atomic E-state index is 11.2. The summed E-state index contributed by atoms with van der Waals surface area (Å²) in [6, 6.07) is -1.33. The van der Waals surface area contributed by atoms with Crippen LogP contribution in [0.15, 0.2) is 0 Å². The number of hydrogen-bond donors (Lipinski definition) is 4. The first-order chi connectivity index (χ1) is 7.34. The topological polar surface area (TPSA) is 116 Å². The molecule has 0 spiro atoms. The highest BCUT2D eigenvalue weighted by molar-refractivity contribution is 5.84. The van der Waals surface area contributed by atoms with E-state index < -0.39 is 24.0 Å². The summed E-state index contributed by atoms with van der Waals surface area (Å²) in [7, 11) is 0. The van der Waals surface area contributed by atoms with Gasteiger partial charge in [0.2, 0.25) is 11.8 Å². The highest BCUT2D eigenvalue weighted by Gasteiger charge is 2.24. The SMILES string of the molecule is CC(=O)NCCC(=O)NC(C(=O)O)C(C)O. The Morgan fingerprint density at radius 3 is 2.25 bits per heavy atom. The van der Waals surface area contributed by atoms with E-state index in [1.807, 2.05) is 0 Å². The quantitative estimate of drug-likeness (QED) is 0.443. The van der Waals surface area contributed by atoms with Gasteiger partial charge in [-0.2, -0.15) is 0 Å². The number of carboxylic acid groups (broad SMARTS) is 1. The van der Waals surface area contributed by atoms with Crippen LogP contribution in [0.4, 0.5) is 0 Å². The lowest BCUT2D eigenvalue weighted by Gasteiger charge is -2.16. The molecule has 0 aromatic carbocycles. The van der Waals surface area contributed by atoms with Gasteiger partial charge in [0.05, 0.1) is 6.10 Å². The van der Waals surface area contributed by atoms with Crippen molar-refractivity contribution in [3.63, 3.8) is 0 Å². The van der Waals surface area contributed by atoms with Gasteiger partial charge in [-0.25, -0.2) is 4.79 Å². The van der Waals surface area contributed by atoms with Crippen LogP contribution in [0, 0.1) is 0 Å². The molecule has 0 heterocycles. The molecule has 0 aromatic heterocycles. The van der Waals surface area contributed by atoms with Crippen LogP contribution in [0.3, 0.4) is 0 Å². The van der Waals surface area contributed by atoms with Crippen molar-refractivity contribution >= 4 is 17.8 Å². The van der Waals surface area contributed by atoms with Crippen LogP contribution >= 0.6 is 0 Å². The summed E-state index contributed by atoms with van der Waals surface area (Å²) < 4.78 is 0. The van der Waals surface area contributed by atoms with Gasteiger partial charge < -0.3 is 20.8 Å². The molecule has 7 heteroatoms. The molecule has 0 saturated carbocycles. The lowest BCUT2D eigenvalue weighted by Crippen LogP contribution is -2.48. The third kappa shape index (κ3) is 5.97. The van der Waals surface area contributed by atoms with E-state index in [0.717, 1.165) is 0 Å². The van der Waals surface area contributed by atoms with Crippen LogP contribution in [0.1, 0.15) is 20.3 Å². The van der Waals surface area contributed by atoms with E-state index in [1.54, 1.807) is 0 Å². The van der Waals surface area contributed by atoms with Crippen LogP contribution in [0.5, 0.6) is 0 Å². The van der Waals surface area contributed by atoms with Gasteiger partial charge in [0.1, 0.15) is 0 Å². The van der Waals surface area contributed by atoms with E-state index >= 15 is 0 Å². The minimum Gasteiger partial charge on any atom is -0.480 e. The van der Waals surface area contributed by atoms with Crippen molar-refractivity contribution in [2.45, 2.75) is 32.4 Å². The van der Waals surface area contributed by atoms with Crippen molar-refractivity contribution in [3.8, 4) is 0 Å². The molecule has 16 heavy (non-hydrogen) atoms. The fourth-order valence-corrected chi connectivity index (χ4v) is 0.986. The second kappa shape index (κ2) is 6.78. The Kier molecular flexibility index (Phi) is 6.09. The number of hydrogen-bond acceptors (Lipinski definition) is 4. The second-order valence-corrected chi connectivity index (χ2v) is 3.36. The Balaban J connectivity index is 4.01. The summed E-state index contributed by atoms with van der Waals surface area (Å²) in [5.41, 5.74) is 0. The number of aliphatic carboxylic acids is 1. The largest absolute Gasteiger partial charge is 0.480 e. The first-order valence-electron chi connectivity index (χ1n) is 4.79. The van der Waals surface area contributed by atoms with Crippen molar-refractivity contribution in [2.75, 3.05) is 6.54 Å². The molecule has 2 unspecified atom stereocenters. The van der Waals surface area contributed by atoms with E-state index in [1.165, 1.54) is 13.8 Å². The standard InChI is InChI=1S/C9H16N2O5/c1-5(12)8(9(15)16)11-7(14)3-4-10-6(2)13/h5,8,12H,3-4H2,1-2H3,(H,10,13)(H,11,14)(H,15,16). The second-order valence-electron chi connectivity index (χ2n) is 3.36. The molecule has 0 aliphatic carbocycles. The van der Waals surface area contributed by atoms with Gasteiger partial charge in [-0.05, 0) is 6.92 Å². The van der Waals surface area contributed by atoms with Crippen LogP contribution in [0.2, 0.25) is 0 Å². The minimum atomic E-state index is -1.33. The Labute approximate surface area is 92.8 Å². The Hall–Kier alpha value is -1.63. The zero-order chi connectivity index (χ0) is 12.7. The molecule has 4 N–H and O–H groups in total. The molecular weight excluding hydrogens is 216 g/mol. The summed E-state index contributed by atoms with van der Waals surface area (Å²) >= 11 is 0. The van der Waals surface area contributed by atoms with Crippen molar-refractivity contribution in [3.05, 3.63) is 0 Å². The highest BCUT2D eigenvalue weighted by atomic mass is 16.4. The number of aliphatic hydroxyl groups is 1. The van der Waals surface area contributed by atoms with Crippen molar-refractivity contribution < 1.29 is 24.6 Å². The Morgan fingerprint density at radius 1 is 1.31 bits per heavy atom. The Morgan fingerprint density at radius 2 is 1.88 bits per heavy atom. The molecule has 0 bridgehead atoms. The molecule has 2 atom stereocenters. The molecule has 0 fully saturated rings. The molecule has 0 aliphatic heterocycles. The average molecular weight is 232 g/mol. The number of amides is 2. The number of carbonyl (C=O) groups is 3. The van der Waals surface area contributed by atoms with E-state index in [-0.39, 0.29) is 18.9 Å². The van der Waals surface area contributed by atoms with Crippen molar-refractivity contribution in [2.24, 2.45) is 0 Å². The maximum Gasteiger partial charge on any atom is 0.328 e. The molecule has 0 saturated heterocycles. The number of aliphatic hydroxyl groups excluding tert-OH is 1. The predicted octanol–water partition coefficient (Wildman–Crippen LogP) is -1.54. The zero-order valence-electron chi connectivity index (χ0n) is 9.19. The monoisotopic (exact) mass is 232 g/mol.